The first kappa shape index (κ1) is 31.4. The first-order valence-electron chi connectivity index (χ1n) is 10.9. The SMILES string of the molecule is Cc1cc(/C=C/C(c2cc(Br)c(Cl)c(Br)c2)C(F)(F)F)ccc1C(=O)N[C@H](C)CC(=O)CCC(F)(F)F. The first-order valence-corrected chi connectivity index (χ1v) is 12.8. The van der Waals surface area contributed by atoms with Crippen molar-refractivity contribution in [3.05, 3.63) is 72.6 Å². The zero-order valence-electron chi connectivity index (χ0n) is 19.5. The van der Waals surface area contributed by atoms with Gasteiger partial charge < -0.3 is 5.32 Å². The second-order valence-corrected chi connectivity index (χ2v) is 10.6. The number of rotatable bonds is 9. The van der Waals surface area contributed by atoms with Crippen LogP contribution >= 0.6 is 43.5 Å². The van der Waals surface area contributed by atoms with Gasteiger partial charge in [-0.2, -0.15) is 26.3 Å². The number of ketones is 1. The van der Waals surface area contributed by atoms with Crippen LogP contribution in [0.1, 0.15) is 59.2 Å². The van der Waals surface area contributed by atoms with Gasteiger partial charge in [-0.1, -0.05) is 35.9 Å². The van der Waals surface area contributed by atoms with Crippen LogP contribution < -0.4 is 5.32 Å². The molecule has 0 fully saturated rings. The minimum atomic E-state index is -4.58. The molecule has 1 unspecified atom stereocenters. The van der Waals surface area contributed by atoms with Crippen molar-refractivity contribution in [2.45, 2.75) is 57.4 Å². The fourth-order valence-corrected chi connectivity index (χ4v) is 4.82. The van der Waals surface area contributed by atoms with E-state index in [1.807, 2.05) is 0 Å². The zero-order valence-corrected chi connectivity index (χ0v) is 23.5. The second-order valence-electron chi connectivity index (χ2n) is 8.48. The molecule has 0 aliphatic carbocycles. The Morgan fingerprint density at radius 2 is 1.65 bits per heavy atom. The third-order valence-corrected chi connectivity index (χ3v) is 7.41. The lowest BCUT2D eigenvalue weighted by Gasteiger charge is -2.18. The average molecular weight is 678 g/mol. The number of aryl methyl sites for hydroxylation is 1. The van der Waals surface area contributed by atoms with Gasteiger partial charge in [0.15, 0.2) is 0 Å². The van der Waals surface area contributed by atoms with E-state index < -0.39 is 48.8 Å². The van der Waals surface area contributed by atoms with Gasteiger partial charge in [-0.15, -0.1) is 0 Å². The van der Waals surface area contributed by atoms with Gasteiger partial charge in [0.2, 0.25) is 0 Å². The molecule has 202 valence electrons. The molecule has 3 nitrogen and oxygen atoms in total. The van der Waals surface area contributed by atoms with Gasteiger partial charge in [-0.3, -0.25) is 9.59 Å². The Morgan fingerprint density at radius 3 is 2.16 bits per heavy atom. The highest BCUT2D eigenvalue weighted by Gasteiger charge is 2.39. The van der Waals surface area contributed by atoms with Crippen LogP contribution in [0.4, 0.5) is 26.3 Å². The lowest BCUT2D eigenvalue weighted by atomic mass is 9.96. The quantitative estimate of drug-likeness (QED) is 0.213. The number of nitrogens with one attached hydrogen (secondary N) is 1. The van der Waals surface area contributed by atoms with E-state index in [9.17, 15) is 35.9 Å². The van der Waals surface area contributed by atoms with Crippen LogP contribution in [0.25, 0.3) is 6.08 Å². The second kappa shape index (κ2) is 12.8. The van der Waals surface area contributed by atoms with E-state index in [1.54, 1.807) is 6.92 Å². The van der Waals surface area contributed by atoms with Crippen LogP contribution in [0, 0.1) is 6.92 Å². The third kappa shape index (κ3) is 9.76. The summed E-state index contributed by atoms with van der Waals surface area (Å²) < 4.78 is 78.8. The number of carbonyl (C=O) groups is 2. The molecule has 1 N–H and O–H groups in total. The van der Waals surface area contributed by atoms with E-state index in [1.165, 1.54) is 43.3 Å². The number of alkyl halides is 6. The molecule has 2 aromatic carbocycles. The summed E-state index contributed by atoms with van der Waals surface area (Å²) in [6.45, 7) is 3.10. The predicted molar refractivity (Wildman–Crippen MR) is 138 cm³/mol. The monoisotopic (exact) mass is 675 g/mol. The maximum Gasteiger partial charge on any atom is 0.399 e. The van der Waals surface area contributed by atoms with Crippen LogP contribution in [0.5, 0.6) is 0 Å². The molecule has 12 heteroatoms. The minimum absolute atomic E-state index is 0.0293. The van der Waals surface area contributed by atoms with Crippen molar-refractivity contribution < 1.29 is 35.9 Å². The van der Waals surface area contributed by atoms with Gasteiger partial charge >= 0.3 is 12.4 Å². The van der Waals surface area contributed by atoms with E-state index >= 15 is 0 Å². The van der Waals surface area contributed by atoms with Crippen LogP contribution in [0.2, 0.25) is 5.02 Å². The smallest absolute Gasteiger partial charge is 0.349 e. The molecule has 1 amide bonds. The largest absolute Gasteiger partial charge is 0.399 e. The molecule has 0 aromatic heterocycles. The Bertz CT molecular complexity index is 1160. The molecular weight excluding hydrogens is 656 g/mol. The van der Waals surface area contributed by atoms with Crippen molar-refractivity contribution in [1.82, 2.24) is 5.32 Å². The average Bonchev–Trinajstić information content (AvgIpc) is 2.74. The lowest BCUT2D eigenvalue weighted by molar-refractivity contribution is -0.143. The Labute approximate surface area is 231 Å². The third-order valence-electron chi connectivity index (χ3n) is 5.29. The first-order chi connectivity index (χ1) is 17.0. The summed E-state index contributed by atoms with van der Waals surface area (Å²) in [7, 11) is 0. The number of hydrogen-bond acceptors (Lipinski definition) is 2. The minimum Gasteiger partial charge on any atom is -0.349 e. The van der Waals surface area contributed by atoms with E-state index in [0.29, 0.717) is 20.1 Å². The number of allylic oxidation sites excluding steroid dienone is 1. The molecule has 2 aromatic rings. The lowest BCUT2D eigenvalue weighted by Crippen LogP contribution is -2.34. The van der Waals surface area contributed by atoms with Gasteiger partial charge in [-0.05, 0) is 80.6 Å². The Balaban J connectivity index is 2.13. The van der Waals surface area contributed by atoms with Gasteiger partial charge in [0.1, 0.15) is 5.78 Å². The van der Waals surface area contributed by atoms with Crippen LogP contribution in [0.3, 0.4) is 0 Å². The molecular formula is C25H22Br2ClF6NO2. The summed E-state index contributed by atoms with van der Waals surface area (Å²) in [6, 6.07) is 6.33. The van der Waals surface area contributed by atoms with E-state index in [-0.39, 0.29) is 22.6 Å². The molecule has 0 saturated carbocycles. The fourth-order valence-electron chi connectivity index (χ4n) is 3.49. The van der Waals surface area contributed by atoms with Gasteiger partial charge in [-0.25, -0.2) is 0 Å². The number of Topliss-reactive ketones (excluding diaryl/α,β-unsaturated/α-hetero) is 1. The van der Waals surface area contributed by atoms with E-state index in [4.69, 9.17) is 11.6 Å². The highest BCUT2D eigenvalue weighted by Crippen LogP contribution is 2.41. The van der Waals surface area contributed by atoms with Gasteiger partial charge in [0.05, 0.1) is 17.4 Å². The highest BCUT2D eigenvalue weighted by molar-refractivity contribution is 9.11. The van der Waals surface area contributed by atoms with Crippen molar-refractivity contribution in [2.24, 2.45) is 0 Å². The molecule has 0 spiro atoms. The standard InChI is InChI=1S/C25H22Br2ClF6NO2/c1-13-9-15(4-6-19(25(32,33)34)16-11-20(26)22(28)21(27)12-16)3-5-18(13)23(37)35-14(2)10-17(36)7-8-24(29,30)31/h3-6,9,11-12,14,19H,7-8,10H2,1-2H3,(H,35,37)/b6-4+/t14-,19?/m1/s1. The maximum atomic E-state index is 13.8. The summed E-state index contributed by atoms with van der Waals surface area (Å²) in [6.07, 6.45) is -8.84. The van der Waals surface area contributed by atoms with Crippen LogP contribution in [-0.2, 0) is 4.79 Å². The van der Waals surface area contributed by atoms with Crippen molar-refractivity contribution in [1.29, 1.82) is 0 Å². The maximum absolute atomic E-state index is 13.8. The topological polar surface area (TPSA) is 46.2 Å². The zero-order chi connectivity index (χ0) is 28.1. The van der Waals surface area contributed by atoms with Crippen LogP contribution in [-0.4, -0.2) is 30.1 Å². The number of halogens is 9. The molecule has 2 atom stereocenters. The van der Waals surface area contributed by atoms with Crippen molar-refractivity contribution in [3.8, 4) is 0 Å². The number of amides is 1. The van der Waals surface area contributed by atoms with Crippen molar-refractivity contribution in [3.63, 3.8) is 0 Å². The molecule has 0 aliphatic rings. The summed E-state index contributed by atoms with van der Waals surface area (Å²) in [4.78, 5) is 24.3. The van der Waals surface area contributed by atoms with E-state index in [2.05, 4.69) is 37.2 Å². The van der Waals surface area contributed by atoms with Crippen molar-refractivity contribution >= 4 is 61.2 Å². The number of benzene rings is 2. The Hall–Kier alpha value is -1.85. The molecule has 0 bridgehead atoms. The molecule has 0 heterocycles. The van der Waals surface area contributed by atoms with Crippen molar-refractivity contribution in [2.75, 3.05) is 0 Å². The fraction of sp³-hybridized carbons (Fsp3) is 0.360. The predicted octanol–water partition coefficient (Wildman–Crippen LogP) is 8.95. The molecule has 0 radical (unpaired) electrons. The number of carbonyl (C=O) groups excluding carboxylic acids is 2. The van der Waals surface area contributed by atoms with Gasteiger partial charge in [0.25, 0.3) is 5.91 Å². The molecule has 0 saturated heterocycles. The van der Waals surface area contributed by atoms with E-state index in [0.717, 1.165) is 6.08 Å². The summed E-state index contributed by atoms with van der Waals surface area (Å²) in [5.74, 6) is -3.09. The summed E-state index contributed by atoms with van der Waals surface area (Å²) in [5.41, 5.74) is 1.09. The molecule has 2 rings (SSSR count). The normalized spacial score (nSPS) is 14.0. The Morgan fingerprint density at radius 1 is 1.05 bits per heavy atom. The molecule has 0 aliphatic heterocycles. The Kier molecular flexibility index (Phi) is 10.9. The summed E-state index contributed by atoms with van der Waals surface area (Å²) >= 11 is 12.3. The van der Waals surface area contributed by atoms with Gasteiger partial charge in [0, 0.05) is 33.4 Å². The van der Waals surface area contributed by atoms with Crippen LogP contribution in [0.15, 0.2) is 45.4 Å². The molecule has 37 heavy (non-hydrogen) atoms. The highest BCUT2D eigenvalue weighted by atomic mass is 79.9. The summed E-state index contributed by atoms with van der Waals surface area (Å²) in [5, 5.41) is 2.81. The number of hydrogen-bond donors (Lipinski definition) is 1.